The van der Waals surface area contributed by atoms with E-state index in [4.69, 9.17) is 4.74 Å². The summed E-state index contributed by atoms with van der Waals surface area (Å²) >= 11 is 0. The molecule has 0 bridgehead atoms. The van der Waals surface area contributed by atoms with Crippen LogP contribution < -0.4 is 10.1 Å². The SMILES string of the molecule is CCNc1cc(Oc2cc(F)cc(F)c2)nc(C2CC2)n1. The van der Waals surface area contributed by atoms with Crippen LogP contribution in [0.3, 0.4) is 0 Å². The highest BCUT2D eigenvalue weighted by atomic mass is 19.1. The molecule has 1 aliphatic rings. The van der Waals surface area contributed by atoms with E-state index in [-0.39, 0.29) is 11.6 Å². The molecule has 0 aliphatic heterocycles. The molecule has 21 heavy (non-hydrogen) atoms. The molecule has 3 rings (SSSR count). The standard InChI is InChI=1S/C15H15F2N3O/c1-2-18-13-8-14(20-15(19-13)9-3-4-9)21-12-6-10(16)5-11(17)7-12/h5-9H,2-4H2,1H3,(H,18,19,20). The quantitative estimate of drug-likeness (QED) is 0.908. The number of hydrogen-bond donors (Lipinski definition) is 1. The van der Waals surface area contributed by atoms with Crippen LogP contribution in [0.2, 0.25) is 0 Å². The van der Waals surface area contributed by atoms with Crippen LogP contribution in [0.1, 0.15) is 31.5 Å². The van der Waals surface area contributed by atoms with Crippen LogP contribution in [0.25, 0.3) is 0 Å². The fourth-order valence-corrected chi connectivity index (χ4v) is 2.00. The summed E-state index contributed by atoms with van der Waals surface area (Å²) in [6.45, 7) is 2.68. The van der Waals surface area contributed by atoms with Crippen LogP contribution in [0.4, 0.5) is 14.6 Å². The van der Waals surface area contributed by atoms with Crippen molar-refractivity contribution in [2.75, 3.05) is 11.9 Å². The highest BCUT2D eigenvalue weighted by molar-refractivity contribution is 5.41. The molecule has 0 radical (unpaired) electrons. The number of anilines is 1. The fourth-order valence-electron chi connectivity index (χ4n) is 2.00. The van der Waals surface area contributed by atoms with Crippen molar-refractivity contribution in [3.63, 3.8) is 0 Å². The van der Waals surface area contributed by atoms with Crippen LogP contribution in [0, 0.1) is 11.6 Å². The molecule has 1 aromatic carbocycles. The lowest BCUT2D eigenvalue weighted by Crippen LogP contribution is -2.04. The first-order valence-corrected chi connectivity index (χ1v) is 6.91. The second-order valence-electron chi connectivity index (χ2n) is 4.96. The largest absolute Gasteiger partial charge is 0.439 e. The first-order chi connectivity index (χ1) is 10.1. The molecule has 4 nitrogen and oxygen atoms in total. The van der Waals surface area contributed by atoms with Gasteiger partial charge < -0.3 is 10.1 Å². The number of benzene rings is 1. The van der Waals surface area contributed by atoms with Gasteiger partial charge in [0.25, 0.3) is 0 Å². The lowest BCUT2D eigenvalue weighted by Gasteiger charge is -2.09. The Morgan fingerprint density at radius 1 is 1.14 bits per heavy atom. The molecular weight excluding hydrogens is 276 g/mol. The topological polar surface area (TPSA) is 47.0 Å². The van der Waals surface area contributed by atoms with Gasteiger partial charge in [-0.05, 0) is 19.8 Å². The Labute approximate surface area is 121 Å². The van der Waals surface area contributed by atoms with Crippen molar-refractivity contribution in [1.29, 1.82) is 0 Å². The summed E-state index contributed by atoms with van der Waals surface area (Å²) in [7, 11) is 0. The minimum Gasteiger partial charge on any atom is -0.439 e. The summed E-state index contributed by atoms with van der Waals surface area (Å²) in [6.07, 6.45) is 2.12. The molecule has 0 spiro atoms. The van der Waals surface area contributed by atoms with Crippen LogP contribution in [0.15, 0.2) is 24.3 Å². The normalized spacial score (nSPS) is 14.0. The van der Waals surface area contributed by atoms with Crippen molar-refractivity contribution >= 4 is 5.82 Å². The number of hydrogen-bond acceptors (Lipinski definition) is 4. The van der Waals surface area contributed by atoms with Crippen LogP contribution >= 0.6 is 0 Å². The van der Waals surface area contributed by atoms with Gasteiger partial charge in [0, 0.05) is 36.7 Å². The Morgan fingerprint density at radius 3 is 2.48 bits per heavy atom. The lowest BCUT2D eigenvalue weighted by molar-refractivity contribution is 0.448. The van der Waals surface area contributed by atoms with E-state index in [1.165, 1.54) is 0 Å². The van der Waals surface area contributed by atoms with Crippen molar-refractivity contribution in [3.05, 3.63) is 41.7 Å². The lowest BCUT2D eigenvalue weighted by atomic mass is 10.3. The van der Waals surface area contributed by atoms with Crippen molar-refractivity contribution in [3.8, 4) is 11.6 Å². The zero-order valence-corrected chi connectivity index (χ0v) is 11.6. The van der Waals surface area contributed by atoms with Crippen molar-refractivity contribution in [2.45, 2.75) is 25.7 Å². The van der Waals surface area contributed by atoms with Gasteiger partial charge in [0.15, 0.2) is 0 Å². The zero-order valence-electron chi connectivity index (χ0n) is 11.6. The van der Waals surface area contributed by atoms with E-state index in [2.05, 4.69) is 15.3 Å². The van der Waals surface area contributed by atoms with E-state index in [0.717, 1.165) is 37.6 Å². The minimum absolute atomic E-state index is 0.0791. The van der Waals surface area contributed by atoms with E-state index >= 15 is 0 Å². The molecule has 1 aliphatic carbocycles. The molecule has 1 N–H and O–H groups in total. The molecule has 6 heteroatoms. The summed E-state index contributed by atoms with van der Waals surface area (Å²) in [6, 6.07) is 4.66. The van der Waals surface area contributed by atoms with Gasteiger partial charge in [0.2, 0.25) is 5.88 Å². The number of aromatic nitrogens is 2. The average molecular weight is 291 g/mol. The van der Waals surface area contributed by atoms with Gasteiger partial charge in [0.1, 0.15) is 29.0 Å². The van der Waals surface area contributed by atoms with E-state index in [0.29, 0.717) is 17.6 Å². The number of rotatable bonds is 5. The highest BCUT2D eigenvalue weighted by Gasteiger charge is 2.27. The Kier molecular flexibility index (Phi) is 3.68. The highest BCUT2D eigenvalue weighted by Crippen LogP contribution is 2.39. The maximum Gasteiger partial charge on any atom is 0.224 e. The summed E-state index contributed by atoms with van der Waals surface area (Å²) in [4.78, 5) is 8.73. The third-order valence-electron chi connectivity index (χ3n) is 3.08. The van der Waals surface area contributed by atoms with Gasteiger partial charge in [-0.1, -0.05) is 0 Å². The maximum absolute atomic E-state index is 13.2. The Hall–Kier alpha value is -2.24. The molecule has 1 fully saturated rings. The monoisotopic (exact) mass is 291 g/mol. The summed E-state index contributed by atoms with van der Waals surface area (Å²) in [5.41, 5.74) is 0. The fraction of sp³-hybridized carbons (Fsp3) is 0.333. The van der Waals surface area contributed by atoms with Crippen molar-refractivity contribution < 1.29 is 13.5 Å². The molecule has 0 atom stereocenters. The molecule has 1 saturated carbocycles. The summed E-state index contributed by atoms with van der Waals surface area (Å²) in [5.74, 6) is 0.710. The Morgan fingerprint density at radius 2 is 1.86 bits per heavy atom. The van der Waals surface area contributed by atoms with Gasteiger partial charge in [-0.15, -0.1) is 0 Å². The summed E-state index contributed by atoms with van der Waals surface area (Å²) < 4.78 is 31.8. The predicted molar refractivity (Wildman–Crippen MR) is 74.6 cm³/mol. The van der Waals surface area contributed by atoms with E-state index in [1.54, 1.807) is 6.07 Å². The number of halogens is 2. The van der Waals surface area contributed by atoms with Gasteiger partial charge in [-0.2, -0.15) is 4.98 Å². The first kappa shape index (κ1) is 13.7. The van der Waals surface area contributed by atoms with Gasteiger partial charge in [0.05, 0.1) is 0 Å². The smallest absolute Gasteiger partial charge is 0.224 e. The molecule has 0 amide bonds. The molecule has 0 unspecified atom stereocenters. The van der Waals surface area contributed by atoms with Gasteiger partial charge >= 0.3 is 0 Å². The third-order valence-corrected chi connectivity index (χ3v) is 3.08. The average Bonchev–Trinajstić information content (AvgIpc) is 3.21. The molecular formula is C15H15F2N3O. The van der Waals surface area contributed by atoms with Crippen LogP contribution in [-0.4, -0.2) is 16.5 Å². The number of nitrogens with zero attached hydrogens (tertiary/aromatic N) is 2. The zero-order chi connectivity index (χ0) is 14.8. The predicted octanol–water partition coefficient (Wildman–Crippen LogP) is 3.86. The summed E-state index contributed by atoms with van der Waals surface area (Å²) in [5, 5.41) is 3.10. The maximum atomic E-state index is 13.2. The Bertz CT molecular complexity index is 639. The van der Waals surface area contributed by atoms with E-state index in [9.17, 15) is 8.78 Å². The number of nitrogens with one attached hydrogen (secondary N) is 1. The minimum atomic E-state index is -0.687. The van der Waals surface area contributed by atoms with Crippen LogP contribution in [-0.2, 0) is 0 Å². The second-order valence-corrected chi connectivity index (χ2v) is 4.96. The third kappa shape index (κ3) is 3.45. The Balaban J connectivity index is 1.89. The van der Waals surface area contributed by atoms with Crippen LogP contribution in [0.5, 0.6) is 11.6 Å². The molecule has 0 saturated heterocycles. The van der Waals surface area contributed by atoms with E-state index in [1.807, 2.05) is 6.92 Å². The molecule has 1 aromatic heterocycles. The number of ether oxygens (including phenoxy) is 1. The van der Waals surface area contributed by atoms with Gasteiger partial charge in [-0.3, -0.25) is 0 Å². The molecule has 110 valence electrons. The molecule has 1 heterocycles. The van der Waals surface area contributed by atoms with E-state index < -0.39 is 11.6 Å². The molecule has 2 aromatic rings. The van der Waals surface area contributed by atoms with Crippen molar-refractivity contribution in [1.82, 2.24) is 9.97 Å². The van der Waals surface area contributed by atoms with Gasteiger partial charge in [-0.25, -0.2) is 13.8 Å². The first-order valence-electron chi connectivity index (χ1n) is 6.91. The second kappa shape index (κ2) is 5.63. The van der Waals surface area contributed by atoms with Crippen molar-refractivity contribution in [2.24, 2.45) is 0 Å².